The van der Waals surface area contributed by atoms with Crippen LogP contribution in [0.2, 0.25) is 0 Å². The number of nitrogens with one attached hydrogen (secondary N) is 3. The number of carbonyl (C=O) groups excluding carboxylic acids is 1. The minimum Gasteiger partial charge on any atom is -0.444 e. The van der Waals surface area contributed by atoms with Gasteiger partial charge in [-0.25, -0.2) is 9.78 Å². The second kappa shape index (κ2) is 11.2. The lowest BCUT2D eigenvalue weighted by molar-refractivity contribution is 0.0476. The van der Waals surface area contributed by atoms with Gasteiger partial charge in [-0.3, -0.25) is 4.99 Å². The molecule has 3 N–H and O–H groups in total. The maximum Gasteiger partial charge on any atom is 0.408 e. The van der Waals surface area contributed by atoms with Gasteiger partial charge in [-0.15, -0.1) is 11.3 Å². The number of alkyl carbamates (subject to hydrolysis) is 1. The summed E-state index contributed by atoms with van der Waals surface area (Å²) in [6.07, 6.45) is 2.72. The Labute approximate surface area is 173 Å². The van der Waals surface area contributed by atoms with Crippen LogP contribution in [0.5, 0.6) is 0 Å². The number of guanidine groups is 1. The molecule has 1 rings (SSSR count). The van der Waals surface area contributed by atoms with Gasteiger partial charge in [0.1, 0.15) is 5.60 Å². The number of rotatable bonds is 9. The Morgan fingerprint density at radius 2 is 1.93 bits per heavy atom. The lowest BCUT2D eigenvalue weighted by atomic mass is 10.1. The first-order valence-corrected chi connectivity index (χ1v) is 10.8. The van der Waals surface area contributed by atoms with E-state index in [4.69, 9.17) is 4.74 Å². The summed E-state index contributed by atoms with van der Waals surface area (Å²) in [6.45, 7) is 15.5. The average Bonchev–Trinajstić information content (AvgIpc) is 2.95. The van der Waals surface area contributed by atoms with Crippen molar-refractivity contribution in [1.82, 2.24) is 20.9 Å². The first kappa shape index (κ1) is 24.2. The quantitative estimate of drug-likeness (QED) is 0.328. The van der Waals surface area contributed by atoms with E-state index in [2.05, 4.69) is 31.3 Å². The molecule has 28 heavy (non-hydrogen) atoms. The molecule has 1 amide bonds. The largest absolute Gasteiger partial charge is 0.444 e. The average molecular weight is 412 g/mol. The lowest BCUT2D eigenvalue weighted by Gasteiger charge is -2.27. The standard InChI is InChI=1S/C20H37N5O2S/c1-8-21-17(22-12-10-9-11-16-24-15(2)13-28-16)23-14-20(6,7)25-18(26)27-19(3,4)5/h13H,8-12,14H2,1-7H3,(H,25,26)(H2,21,22,23). The number of hydrogen-bond acceptors (Lipinski definition) is 5. The first-order valence-electron chi connectivity index (χ1n) is 9.95. The van der Waals surface area contributed by atoms with Gasteiger partial charge in [0.2, 0.25) is 0 Å². The van der Waals surface area contributed by atoms with Gasteiger partial charge in [0, 0.05) is 24.2 Å². The molecule has 1 aromatic heterocycles. The molecule has 0 atom stereocenters. The van der Waals surface area contributed by atoms with Gasteiger partial charge < -0.3 is 20.7 Å². The maximum absolute atomic E-state index is 12.0. The van der Waals surface area contributed by atoms with Crippen LogP contribution in [0.1, 0.15) is 65.1 Å². The van der Waals surface area contributed by atoms with Gasteiger partial charge >= 0.3 is 6.09 Å². The SMILES string of the molecule is CCNC(=NCC(C)(C)NC(=O)OC(C)(C)C)NCCCCc1nc(C)cs1. The van der Waals surface area contributed by atoms with Crippen molar-refractivity contribution in [3.63, 3.8) is 0 Å². The molecule has 0 spiro atoms. The molecule has 0 fully saturated rings. The molecule has 0 bridgehead atoms. The highest BCUT2D eigenvalue weighted by Gasteiger charge is 2.24. The molecule has 0 saturated heterocycles. The molecule has 1 aromatic rings. The van der Waals surface area contributed by atoms with E-state index in [0.29, 0.717) is 6.54 Å². The Balaban J connectivity index is 2.41. The van der Waals surface area contributed by atoms with Gasteiger partial charge in [0.25, 0.3) is 0 Å². The van der Waals surface area contributed by atoms with Crippen LogP contribution in [-0.2, 0) is 11.2 Å². The molecule has 0 aliphatic rings. The summed E-state index contributed by atoms with van der Waals surface area (Å²) in [5, 5.41) is 12.8. The third-order valence-electron chi connectivity index (χ3n) is 3.59. The summed E-state index contributed by atoms with van der Waals surface area (Å²) in [5.74, 6) is 0.756. The summed E-state index contributed by atoms with van der Waals surface area (Å²) in [7, 11) is 0. The van der Waals surface area contributed by atoms with Gasteiger partial charge in [-0.2, -0.15) is 0 Å². The van der Waals surface area contributed by atoms with E-state index in [0.717, 1.165) is 44.0 Å². The second-order valence-electron chi connectivity index (χ2n) is 8.47. The highest BCUT2D eigenvalue weighted by molar-refractivity contribution is 7.09. The van der Waals surface area contributed by atoms with E-state index in [9.17, 15) is 4.79 Å². The van der Waals surface area contributed by atoms with Crippen LogP contribution >= 0.6 is 11.3 Å². The van der Waals surface area contributed by atoms with E-state index < -0.39 is 17.2 Å². The summed E-state index contributed by atoms with van der Waals surface area (Å²) in [4.78, 5) is 21.1. The van der Waals surface area contributed by atoms with E-state index in [-0.39, 0.29) is 0 Å². The zero-order chi connectivity index (χ0) is 21.2. The number of amides is 1. The monoisotopic (exact) mass is 411 g/mol. The molecule has 7 nitrogen and oxygen atoms in total. The number of hydrogen-bond donors (Lipinski definition) is 3. The predicted octanol–water partition coefficient (Wildman–Crippen LogP) is 3.63. The molecule has 1 heterocycles. The molecule has 0 unspecified atom stereocenters. The van der Waals surface area contributed by atoms with Crippen molar-refractivity contribution in [2.45, 2.75) is 78.9 Å². The summed E-state index contributed by atoms with van der Waals surface area (Å²) in [5.41, 5.74) is 0.0762. The van der Waals surface area contributed by atoms with Crippen LogP contribution in [0.3, 0.4) is 0 Å². The fourth-order valence-electron chi connectivity index (χ4n) is 2.36. The normalized spacial score (nSPS) is 12.6. The number of aromatic nitrogens is 1. The lowest BCUT2D eigenvalue weighted by Crippen LogP contribution is -2.49. The van der Waals surface area contributed by atoms with E-state index >= 15 is 0 Å². The fourth-order valence-corrected chi connectivity index (χ4v) is 3.18. The number of aryl methyl sites for hydroxylation is 2. The zero-order valence-electron chi connectivity index (χ0n) is 18.4. The van der Waals surface area contributed by atoms with Gasteiger partial charge in [0.05, 0.1) is 17.1 Å². The number of thiazole rings is 1. The Hall–Kier alpha value is -1.83. The molecular formula is C20H37N5O2S. The van der Waals surface area contributed by atoms with E-state index in [1.54, 1.807) is 11.3 Å². The topological polar surface area (TPSA) is 87.6 Å². The van der Waals surface area contributed by atoms with Crippen molar-refractivity contribution in [2.75, 3.05) is 19.6 Å². The highest BCUT2D eigenvalue weighted by atomic mass is 32.1. The van der Waals surface area contributed by atoms with Crippen LogP contribution in [0.25, 0.3) is 0 Å². The van der Waals surface area contributed by atoms with Crippen LogP contribution in [-0.4, -0.2) is 47.8 Å². The van der Waals surface area contributed by atoms with Crippen LogP contribution in [0.15, 0.2) is 10.4 Å². The fraction of sp³-hybridized carbons (Fsp3) is 0.750. The van der Waals surface area contributed by atoms with Gasteiger partial charge in [-0.1, -0.05) is 0 Å². The number of unbranched alkanes of at least 4 members (excludes halogenated alkanes) is 1. The first-order chi connectivity index (χ1) is 13.0. The van der Waals surface area contributed by atoms with Crippen LogP contribution in [0, 0.1) is 6.92 Å². The Morgan fingerprint density at radius 1 is 1.21 bits per heavy atom. The Kier molecular flexibility index (Phi) is 9.72. The van der Waals surface area contributed by atoms with Crippen LogP contribution < -0.4 is 16.0 Å². The number of carbonyl (C=O) groups is 1. The van der Waals surface area contributed by atoms with Crippen molar-refractivity contribution in [1.29, 1.82) is 0 Å². The molecule has 0 radical (unpaired) electrons. The van der Waals surface area contributed by atoms with Gasteiger partial charge in [-0.05, 0) is 67.7 Å². The maximum atomic E-state index is 12.0. The predicted molar refractivity (Wildman–Crippen MR) is 117 cm³/mol. The Morgan fingerprint density at radius 3 is 2.50 bits per heavy atom. The zero-order valence-corrected chi connectivity index (χ0v) is 19.3. The molecule has 160 valence electrons. The van der Waals surface area contributed by atoms with Crippen molar-refractivity contribution >= 4 is 23.4 Å². The minimum absolute atomic E-state index is 0.428. The molecular weight excluding hydrogens is 374 g/mol. The van der Waals surface area contributed by atoms with E-state index in [1.165, 1.54) is 5.01 Å². The van der Waals surface area contributed by atoms with Crippen molar-refractivity contribution in [3.8, 4) is 0 Å². The molecule has 8 heteroatoms. The smallest absolute Gasteiger partial charge is 0.408 e. The summed E-state index contributed by atoms with van der Waals surface area (Å²) >= 11 is 1.73. The van der Waals surface area contributed by atoms with Gasteiger partial charge in [0.15, 0.2) is 5.96 Å². The van der Waals surface area contributed by atoms with Crippen molar-refractivity contribution < 1.29 is 9.53 Å². The summed E-state index contributed by atoms with van der Waals surface area (Å²) < 4.78 is 5.32. The number of nitrogens with zero attached hydrogens (tertiary/aromatic N) is 2. The molecule has 0 aliphatic carbocycles. The van der Waals surface area contributed by atoms with Crippen molar-refractivity contribution in [2.24, 2.45) is 4.99 Å². The highest BCUT2D eigenvalue weighted by Crippen LogP contribution is 2.12. The number of aliphatic imine (C=N–C) groups is 1. The second-order valence-corrected chi connectivity index (χ2v) is 9.42. The van der Waals surface area contributed by atoms with Crippen molar-refractivity contribution in [3.05, 3.63) is 16.1 Å². The van der Waals surface area contributed by atoms with E-state index in [1.807, 2.05) is 48.5 Å². The third kappa shape index (κ3) is 11.1. The summed E-state index contributed by atoms with van der Waals surface area (Å²) in [6, 6.07) is 0. The Bertz CT molecular complexity index is 635. The molecule has 0 aromatic carbocycles. The third-order valence-corrected chi connectivity index (χ3v) is 4.62. The van der Waals surface area contributed by atoms with Crippen LogP contribution in [0.4, 0.5) is 4.79 Å². The number of ether oxygens (including phenoxy) is 1. The minimum atomic E-state index is -0.517. The molecule has 0 saturated carbocycles. The molecule has 0 aliphatic heterocycles.